The quantitative estimate of drug-likeness (QED) is 0.512. The zero-order valence-electron chi connectivity index (χ0n) is 21.6. The highest BCUT2D eigenvalue weighted by atomic mass is 19.1. The molecule has 4 atom stereocenters. The first-order chi connectivity index (χ1) is 17.6. The lowest BCUT2D eigenvalue weighted by Gasteiger charge is -2.43. The molecule has 2 aromatic rings. The number of carbonyl (C=O) groups excluding carboxylic acids is 1. The van der Waals surface area contributed by atoms with Crippen LogP contribution in [-0.2, 0) is 37.0 Å². The Bertz CT molecular complexity index is 1120. The van der Waals surface area contributed by atoms with Crippen LogP contribution in [0.2, 0.25) is 0 Å². The van der Waals surface area contributed by atoms with Gasteiger partial charge in [-0.15, -0.1) is 0 Å². The van der Waals surface area contributed by atoms with Gasteiger partial charge in [0.25, 0.3) is 5.91 Å². The molecule has 1 saturated heterocycles. The standard InChI is InChI=1S/C29H35F2NO5/c1-18-6-4-7-20(12-18)16-35-29(27(33)32-15-19-10-11-19)13-24(26-25(14-29)36-28(2,3)37-26)34-17-21-22(30)8-5-9-23(21)31/h4-9,12,19,24-26H,10-11,13-17H2,1-3H3,(H,32,33)/t24?,25-,26+,29-/m1/s1. The second-order valence-electron chi connectivity index (χ2n) is 11.0. The molecule has 8 heteroatoms. The van der Waals surface area contributed by atoms with Crippen LogP contribution in [0, 0.1) is 24.5 Å². The Morgan fingerprint density at radius 3 is 2.49 bits per heavy atom. The van der Waals surface area contributed by atoms with Gasteiger partial charge in [0, 0.05) is 24.9 Å². The lowest BCUT2D eigenvalue weighted by atomic mass is 9.78. The van der Waals surface area contributed by atoms with Crippen LogP contribution in [0.15, 0.2) is 42.5 Å². The fraction of sp³-hybridized carbons (Fsp3) is 0.552. The normalized spacial score (nSPS) is 28.6. The number of hydrogen-bond acceptors (Lipinski definition) is 5. The Morgan fingerprint density at radius 2 is 1.78 bits per heavy atom. The molecule has 0 radical (unpaired) electrons. The van der Waals surface area contributed by atoms with Crippen molar-refractivity contribution in [1.29, 1.82) is 0 Å². The summed E-state index contributed by atoms with van der Waals surface area (Å²) in [6.45, 7) is 6.15. The first-order valence-corrected chi connectivity index (χ1v) is 13.0. The number of amides is 1. The maximum atomic E-state index is 14.3. The van der Waals surface area contributed by atoms with Crippen molar-refractivity contribution in [1.82, 2.24) is 5.32 Å². The number of aryl methyl sites for hydroxylation is 1. The topological polar surface area (TPSA) is 66.0 Å². The molecule has 6 nitrogen and oxygen atoms in total. The molecule has 200 valence electrons. The van der Waals surface area contributed by atoms with E-state index in [-0.39, 0.29) is 37.5 Å². The number of hydrogen-bond donors (Lipinski definition) is 1. The van der Waals surface area contributed by atoms with Crippen molar-refractivity contribution in [2.24, 2.45) is 5.92 Å². The molecule has 37 heavy (non-hydrogen) atoms. The molecular weight excluding hydrogens is 480 g/mol. The maximum absolute atomic E-state index is 14.3. The van der Waals surface area contributed by atoms with E-state index in [0.717, 1.165) is 24.0 Å². The van der Waals surface area contributed by atoms with Crippen molar-refractivity contribution in [3.8, 4) is 0 Å². The Morgan fingerprint density at radius 1 is 1.05 bits per heavy atom. The molecule has 1 N–H and O–H groups in total. The number of rotatable bonds is 9. The summed E-state index contributed by atoms with van der Waals surface area (Å²) >= 11 is 0. The molecule has 2 saturated carbocycles. The lowest BCUT2D eigenvalue weighted by molar-refractivity contribution is -0.183. The smallest absolute Gasteiger partial charge is 0.252 e. The van der Waals surface area contributed by atoms with E-state index in [2.05, 4.69) is 5.32 Å². The first kappa shape index (κ1) is 26.2. The third-order valence-electron chi connectivity index (χ3n) is 7.41. The average Bonchev–Trinajstić information content (AvgIpc) is 3.61. The molecule has 2 aliphatic carbocycles. The van der Waals surface area contributed by atoms with Crippen LogP contribution in [0.5, 0.6) is 0 Å². The molecule has 3 aliphatic rings. The summed E-state index contributed by atoms with van der Waals surface area (Å²) in [6, 6.07) is 11.7. The highest BCUT2D eigenvalue weighted by Gasteiger charge is 2.58. The Balaban J connectivity index is 1.41. The molecule has 0 bridgehead atoms. The molecule has 1 heterocycles. The minimum Gasteiger partial charge on any atom is -0.370 e. The lowest BCUT2D eigenvalue weighted by Crippen LogP contribution is -2.60. The van der Waals surface area contributed by atoms with Crippen LogP contribution in [0.25, 0.3) is 0 Å². The van der Waals surface area contributed by atoms with E-state index in [4.69, 9.17) is 18.9 Å². The van der Waals surface area contributed by atoms with Gasteiger partial charge in [0.1, 0.15) is 17.7 Å². The molecule has 1 amide bonds. The van der Waals surface area contributed by atoms with Crippen LogP contribution in [-0.4, -0.2) is 42.2 Å². The fourth-order valence-corrected chi connectivity index (χ4v) is 5.31. The molecule has 2 aromatic carbocycles. The van der Waals surface area contributed by atoms with E-state index in [9.17, 15) is 13.6 Å². The zero-order chi connectivity index (χ0) is 26.2. The highest BCUT2D eigenvalue weighted by Crippen LogP contribution is 2.44. The third kappa shape index (κ3) is 6.03. The number of fused-ring (bicyclic) bond motifs is 1. The number of halogens is 2. The van der Waals surface area contributed by atoms with Crippen LogP contribution in [0.1, 0.15) is 56.2 Å². The average molecular weight is 516 g/mol. The van der Waals surface area contributed by atoms with Crippen molar-refractivity contribution >= 4 is 5.91 Å². The molecule has 0 aromatic heterocycles. The SMILES string of the molecule is Cc1cccc(CO[C@]2(C(=O)NCC3CC3)CC(OCc3c(F)cccc3F)[C@@H]3OC(C)(C)O[C@@H]3C2)c1. The highest BCUT2D eigenvalue weighted by molar-refractivity contribution is 5.85. The van der Waals surface area contributed by atoms with Gasteiger partial charge in [0.2, 0.25) is 0 Å². The van der Waals surface area contributed by atoms with E-state index in [1.165, 1.54) is 18.2 Å². The van der Waals surface area contributed by atoms with Crippen molar-refractivity contribution in [2.75, 3.05) is 6.54 Å². The van der Waals surface area contributed by atoms with Crippen molar-refractivity contribution < 1.29 is 32.5 Å². The van der Waals surface area contributed by atoms with Crippen molar-refractivity contribution in [3.63, 3.8) is 0 Å². The Hall–Kier alpha value is -2.39. The second-order valence-corrected chi connectivity index (χ2v) is 11.0. The van der Waals surface area contributed by atoms with Gasteiger partial charge in [0.05, 0.1) is 25.4 Å². The van der Waals surface area contributed by atoms with Crippen LogP contribution >= 0.6 is 0 Å². The number of benzene rings is 2. The molecule has 3 fully saturated rings. The van der Waals surface area contributed by atoms with Gasteiger partial charge in [-0.2, -0.15) is 0 Å². The van der Waals surface area contributed by atoms with Gasteiger partial charge < -0.3 is 24.3 Å². The second kappa shape index (κ2) is 10.4. The van der Waals surface area contributed by atoms with Gasteiger partial charge in [0.15, 0.2) is 11.4 Å². The predicted octanol–water partition coefficient (Wildman–Crippen LogP) is 4.95. The van der Waals surface area contributed by atoms with Gasteiger partial charge in [-0.25, -0.2) is 8.78 Å². The fourth-order valence-electron chi connectivity index (χ4n) is 5.31. The van der Waals surface area contributed by atoms with E-state index in [1.807, 2.05) is 31.2 Å². The Kier molecular flexibility index (Phi) is 7.38. The molecule has 5 rings (SSSR count). The van der Waals surface area contributed by atoms with Crippen LogP contribution in [0.4, 0.5) is 8.78 Å². The zero-order valence-corrected chi connectivity index (χ0v) is 21.6. The van der Waals surface area contributed by atoms with E-state index in [0.29, 0.717) is 12.5 Å². The van der Waals surface area contributed by atoms with Crippen LogP contribution < -0.4 is 5.32 Å². The van der Waals surface area contributed by atoms with Crippen molar-refractivity contribution in [3.05, 3.63) is 70.8 Å². The molecule has 1 unspecified atom stereocenters. The summed E-state index contributed by atoms with van der Waals surface area (Å²) < 4.78 is 53.6. The van der Waals surface area contributed by atoms with Gasteiger partial charge in [-0.3, -0.25) is 4.79 Å². The summed E-state index contributed by atoms with van der Waals surface area (Å²) in [7, 11) is 0. The largest absolute Gasteiger partial charge is 0.370 e. The van der Waals surface area contributed by atoms with E-state index >= 15 is 0 Å². The first-order valence-electron chi connectivity index (χ1n) is 13.0. The molecule has 1 aliphatic heterocycles. The third-order valence-corrected chi connectivity index (χ3v) is 7.41. The minimum absolute atomic E-state index is 0.160. The summed E-state index contributed by atoms with van der Waals surface area (Å²) in [4.78, 5) is 13.7. The Labute approximate surface area is 216 Å². The number of carbonyl (C=O) groups is 1. The summed E-state index contributed by atoms with van der Waals surface area (Å²) in [6.07, 6.45) is 1.01. The summed E-state index contributed by atoms with van der Waals surface area (Å²) in [5, 5.41) is 3.08. The van der Waals surface area contributed by atoms with Crippen LogP contribution in [0.3, 0.4) is 0 Å². The van der Waals surface area contributed by atoms with Gasteiger partial charge in [-0.05, 0) is 57.2 Å². The van der Waals surface area contributed by atoms with E-state index in [1.54, 1.807) is 13.8 Å². The van der Waals surface area contributed by atoms with E-state index < -0.39 is 41.3 Å². The molecular formula is C29H35F2NO5. The van der Waals surface area contributed by atoms with Crippen molar-refractivity contribution in [2.45, 2.75) is 89.4 Å². The van der Waals surface area contributed by atoms with Gasteiger partial charge >= 0.3 is 0 Å². The summed E-state index contributed by atoms with van der Waals surface area (Å²) in [5.74, 6) is -1.97. The summed E-state index contributed by atoms with van der Waals surface area (Å²) in [5.41, 5.74) is 0.639. The number of nitrogens with one attached hydrogen (secondary N) is 1. The molecule has 0 spiro atoms. The maximum Gasteiger partial charge on any atom is 0.252 e. The number of ether oxygens (including phenoxy) is 4. The predicted molar refractivity (Wildman–Crippen MR) is 132 cm³/mol. The van der Waals surface area contributed by atoms with Gasteiger partial charge in [-0.1, -0.05) is 35.9 Å². The minimum atomic E-state index is -1.25. The monoisotopic (exact) mass is 515 g/mol.